The summed E-state index contributed by atoms with van der Waals surface area (Å²) in [5, 5.41) is 3.09. The molecule has 2 aromatic rings. The number of aromatic nitrogens is 1. The standard InChI is InChI=1S/C16H17BrN4O2/c17-13-7-11(8-14-15(13)23-10-22-14)9-21-16(18)20-6-4-12-3-1-2-5-19-12/h1-3,5,7-8H,4,6,9-10H2,(H3,18,20,21). The maximum Gasteiger partial charge on any atom is 0.231 e. The fourth-order valence-electron chi connectivity index (χ4n) is 2.21. The monoisotopic (exact) mass is 376 g/mol. The first kappa shape index (κ1) is 15.6. The summed E-state index contributed by atoms with van der Waals surface area (Å²) in [6, 6.07) is 9.72. The predicted octanol–water partition coefficient (Wildman–Crippen LogP) is 2.22. The van der Waals surface area contributed by atoms with Crippen molar-refractivity contribution in [3.8, 4) is 11.5 Å². The second kappa shape index (κ2) is 7.32. The normalized spacial score (nSPS) is 13.2. The molecule has 0 fully saturated rings. The van der Waals surface area contributed by atoms with Gasteiger partial charge in [-0.3, -0.25) is 4.98 Å². The minimum Gasteiger partial charge on any atom is -0.454 e. The second-order valence-electron chi connectivity index (χ2n) is 5.01. The molecule has 2 heterocycles. The van der Waals surface area contributed by atoms with Gasteiger partial charge in [0, 0.05) is 24.9 Å². The lowest BCUT2D eigenvalue weighted by atomic mass is 10.2. The zero-order valence-corrected chi connectivity index (χ0v) is 14.0. The summed E-state index contributed by atoms with van der Waals surface area (Å²) in [6.07, 6.45) is 2.58. The van der Waals surface area contributed by atoms with Crippen LogP contribution in [0, 0.1) is 0 Å². The molecule has 1 aromatic heterocycles. The number of hydrogen-bond acceptors (Lipinski definition) is 4. The molecule has 0 atom stereocenters. The molecule has 6 nitrogen and oxygen atoms in total. The molecular formula is C16H17BrN4O2. The minimum absolute atomic E-state index is 0.248. The number of halogens is 1. The highest BCUT2D eigenvalue weighted by atomic mass is 79.9. The van der Waals surface area contributed by atoms with Crippen LogP contribution in [0.15, 0.2) is 46.0 Å². The zero-order valence-electron chi connectivity index (χ0n) is 12.5. The summed E-state index contributed by atoms with van der Waals surface area (Å²) in [5.74, 6) is 1.88. The van der Waals surface area contributed by atoms with E-state index in [4.69, 9.17) is 15.2 Å². The van der Waals surface area contributed by atoms with Gasteiger partial charge >= 0.3 is 0 Å². The van der Waals surface area contributed by atoms with Gasteiger partial charge in [-0.2, -0.15) is 0 Å². The number of benzene rings is 1. The smallest absolute Gasteiger partial charge is 0.231 e. The van der Waals surface area contributed by atoms with Crippen LogP contribution < -0.4 is 20.5 Å². The van der Waals surface area contributed by atoms with E-state index in [-0.39, 0.29) is 6.79 Å². The molecule has 120 valence electrons. The van der Waals surface area contributed by atoms with Gasteiger partial charge in [0.1, 0.15) is 0 Å². The average Bonchev–Trinajstić information content (AvgIpc) is 3.03. The summed E-state index contributed by atoms with van der Waals surface area (Å²) in [6.45, 7) is 1.41. The van der Waals surface area contributed by atoms with Gasteiger partial charge in [-0.05, 0) is 45.8 Å². The Morgan fingerprint density at radius 3 is 3.09 bits per heavy atom. The molecule has 3 rings (SSSR count). The zero-order chi connectivity index (χ0) is 16.1. The van der Waals surface area contributed by atoms with E-state index in [1.165, 1.54) is 0 Å². The Morgan fingerprint density at radius 1 is 1.35 bits per heavy atom. The van der Waals surface area contributed by atoms with Gasteiger partial charge in [0.15, 0.2) is 17.5 Å². The maximum atomic E-state index is 5.89. The molecule has 1 aliphatic heterocycles. The van der Waals surface area contributed by atoms with Gasteiger partial charge in [0.2, 0.25) is 6.79 Å². The van der Waals surface area contributed by atoms with Crippen molar-refractivity contribution in [1.29, 1.82) is 0 Å². The molecular weight excluding hydrogens is 360 g/mol. The summed E-state index contributed by atoms with van der Waals surface area (Å²) < 4.78 is 11.6. The first-order chi connectivity index (χ1) is 11.2. The third kappa shape index (κ3) is 4.13. The number of rotatable bonds is 5. The molecule has 0 amide bonds. The van der Waals surface area contributed by atoms with E-state index in [1.807, 2.05) is 30.3 Å². The third-order valence-corrected chi connectivity index (χ3v) is 3.92. The van der Waals surface area contributed by atoms with E-state index in [9.17, 15) is 0 Å². The maximum absolute atomic E-state index is 5.89. The Hall–Kier alpha value is -2.28. The molecule has 7 heteroatoms. The lowest BCUT2D eigenvalue weighted by Gasteiger charge is -2.06. The van der Waals surface area contributed by atoms with Gasteiger partial charge in [0.25, 0.3) is 0 Å². The van der Waals surface area contributed by atoms with Crippen LogP contribution in [0.2, 0.25) is 0 Å². The highest BCUT2D eigenvalue weighted by Gasteiger charge is 2.17. The number of hydrogen-bond donors (Lipinski definition) is 2. The highest BCUT2D eigenvalue weighted by Crippen LogP contribution is 2.40. The number of fused-ring (bicyclic) bond motifs is 1. The highest BCUT2D eigenvalue weighted by molar-refractivity contribution is 9.10. The molecule has 0 bridgehead atoms. The topological polar surface area (TPSA) is 81.8 Å². The van der Waals surface area contributed by atoms with Crippen LogP contribution in [-0.2, 0) is 13.0 Å². The van der Waals surface area contributed by atoms with E-state index in [1.54, 1.807) is 6.20 Å². The van der Waals surface area contributed by atoms with Crippen molar-refractivity contribution < 1.29 is 9.47 Å². The third-order valence-electron chi connectivity index (χ3n) is 3.33. The summed E-state index contributed by atoms with van der Waals surface area (Å²) in [5.41, 5.74) is 7.90. The van der Waals surface area contributed by atoms with Crippen LogP contribution in [0.25, 0.3) is 0 Å². The lowest BCUT2D eigenvalue weighted by molar-refractivity contribution is 0.173. The fourth-order valence-corrected chi connectivity index (χ4v) is 2.81. The SMILES string of the molecule is NC(=NCc1cc(Br)c2c(c1)OCO2)NCCc1ccccn1. The first-order valence-electron chi connectivity index (χ1n) is 7.24. The van der Waals surface area contributed by atoms with Crippen LogP contribution in [0.4, 0.5) is 0 Å². The molecule has 0 radical (unpaired) electrons. The van der Waals surface area contributed by atoms with Gasteiger partial charge < -0.3 is 20.5 Å². The number of nitrogens with two attached hydrogens (primary N) is 1. The van der Waals surface area contributed by atoms with Crippen molar-refractivity contribution in [2.45, 2.75) is 13.0 Å². The minimum atomic E-state index is 0.248. The number of guanidine groups is 1. The van der Waals surface area contributed by atoms with Crippen LogP contribution in [0.5, 0.6) is 11.5 Å². The van der Waals surface area contributed by atoms with Crippen molar-refractivity contribution in [3.63, 3.8) is 0 Å². The van der Waals surface area contributed by atoms with Crippen molar-refractivity contribution in [2.24, 2.45) is 10.7 Å². The van der Waals surface area contributed by atoms with Gasteiger partial charge in [0.05, 0.1) is 11.0 Å². The van der Waals surface area contributed by atoms with Gasteiger partial charge in [-0.25, -0.2) is 4.99 Å². The quantitative estimate of drug-likeness (QED) is 0.617. The van der Waals surface area contributed by atoms with Gasteiger partial charge in [-0.15, -0.1) is 0 Å². The van der Waals surface area contributed by atoms with Crippen LogP contribution in [0.3, 0.4) is 0 Å². The first-order valence-corrected chi connectivity index (χ1v) is 8.03. The van der Waals surface area contributed by atoms with Crippen molar-refractivity contribution in [2.75, 3.05) is 13.3 Å². The Morgan fingerprint density at radius 2 is 2.26 bits per heavy atom. The molecule has 0 aliphatic carbocycles. The van der Waals surface area contributed by atoms with E-state index in [0.717, 1.165) is 33.6 Å². The van der Waals surface area contributed by atoms with E-state index in [2.05, 4.69) is 31.2 Å². The largest absolute Gasteiger partial charge is 0.454 e. The number of nitrogens with zero attached hydrogens (tertiary/aromatic N) is 2. The summed E-state index contributed by atoms with van der Waals surface area (Å²) >= 11 is 3.47. The predicted molar refractivity (Wildman–Crippen MR) is 91.5 cm³/mol. The second-order valence-corrected chi connectivity index (χ2v) is 5.87. The van der Waals surface area contributed by atoms with Crippen LogP contribution in [-0.4, -0.2) is 24.3 Å². The van der Waals surface area contributed by atoms with Crippen molar-refractivity contribution in [3.05, 3.63) is 52.3 Å². The number of nitrogens with one attached hydrogen (secondary N) is 1. The molecule has 23 heavy (non-hydrogen) atoms. The summed E-state index contributed by atoms with van der Waals surface area (Å²) in [7, 11) is 0. The Bertz CT molecular complexity index is 707. The molecule has 0 saturated carbocycles. The Balaban J connectivity index is 1.52. The van der Waals surface area contributed by atoms with Crippen LogP contribution >= 0.6 is 15.9 Å². The molecule has 0 saturated heterocycles. The van der Waals surface area contributed by atoms with Crippen LogP contribution in [0.1, 0.15) is 11.3 Å². The lowest BCUT2D eigenvalue weighted by Crippen LogP contribution is -2.33. The fraction of sp³-hybridized carbons (Fsp3) is 0.250. The Kier molecular flexibility index (Phi) is 4.97. The molecule has 3 N–H and O–H groups in total. The molecule has 0 unspecified atom stereocenters. The molecule has 1 aromatic carbocycles. The van der Waals surface area contributed by atoms with Gasteiger partial charge in [-0.1, -0.05) is 6.07 Å². The summed E-state index contributed by atoms with van der Waals surface area (Å²) in [4.78, 5) is 8.60. The van der Waals surface area contributed by atoms with E-state index < -0.39 is 0 Å². The number of ether oxygens (including phenoxy) is 2. The molecule has 0 spiro atoms. The Labute approximate surface area is 142 Å². The average molecular weight is 377 g/mol. The molecule has 1 aliphatic rings. The van der Waals surface area contributed by atoms with E-state index in [0.29, 0.717) is 19.0 Å². The number of pyridine rings is 1. The van der Waals surface area contributed by atoms with E-state index >= 15 is 0 Å². The number of aliphatic imine (C=N–C) groups is 1. The van der Waals surface area contributed by atoms with Crippen molar-refractivity contribution in [1.82, 2.24) is 10.3 Å². The van der Waals surface area contributed by atoms with Crippen molar-refractivity contribution >= 4 is 21.9 Å².